The molecule has 0 bridgehead atoms. The van der Waals surface area contributed by atoms with Gasteiger partial charge in [0, 0.05) is 34.9 Å². The maximum Gasteiger partial charge on any atom is 0.338 e. The number of halogens is 2. The zero-order valence-electron chi connectivity index (χ0n) is 15.6. The lowest BCUT2D eigenvalue weighted by Crippen LogP contribution is -2.35. The standard InChI is InChI=1S/C19H17BrFN3O2S.CHN/c1-2-26-19(25)15-14-4-3-8-24(14)17(18-22-7-9-27-18)23-16(15)12-6-5-11(21)10-13(12)20;1-2/h5-7,9-10,16H,2-4,8H2,1H3;1H/t16-;/m1./s1. The maximum absolute atomic E-state index is 13.6. The molecule has 1 fully saturated rings. The first-order valence-corrected chi connectivity index (χ1v) is 10.6. The number of thiazole rings is 1. The summed E-state index contributed by atoms with van der Waals surface area (Å²) >= 11 is 4.94. The normalized spacial score (nSPS) is 17.9. The number of carbonyl (C=O) groups excluding carboxylic acids is 1. The molecule has 150 valence electrons. The molecule has 9 heteroatoms. The third-order valence-electron chi connectivity index (χ3n) is 4.59. The summed E-state index contributed by atoms with van der Waals surface area (Å²) < 4.78 is 19.5. The van der Waals surface area contributed by atoms with Crippen LogP contribution >= 0.6 is 27.3 Å². The highest BCUT2D eigenvalue weighted by molar-refractivity contribution is 9.10. The van der Waals surface area contributed by atoms with Crippen LogP contribution in [0.3, 0.4) is 0 Å². The van der Waals surface area contributed by atoms with Crippen molar-refractivity contribution in [3.8, 4) is 6.57 Å². The molecule has 0 radical (unpaired) electrons. The second-order valence-corrected chi connectivity index (χ2v) is 7.94. The largest absolute Gasteiger partial charge is 0.463 e. The predicted molar refractivity (Wildman–Crippen MR) is 112 cm³/mol. The molecule has 3 heterocycles. The first-order valence-electron chi connectivity index (χ1n) is 8.96. The van der Waals surface area contributed by atoms with Gasteiger partial charge in [0.2, 0.25) is 0 Å². The van der Waals surface area contributed by atoms with Crippen molar-refractivity contribution in [2.24, 2.45) is 4.99 Å². The molecule has 4 rings (SSSR count). The van der Waals surface area contributed by atoms with E-state index < -0.39 is 6.04 Å². The van der Waals surface area contributed by atoms with Gasteiger partial charge in [0.1, 0.15) is 11.9 Å². The summed E-state index contributed by atoms with van der Waals surface area (Å²) in [6, 6.07) is 3.87. The maximum atomic E-state index is 13.6. The van der Waals surface area contributed by atoms with Crippen LogP contribution in [-0.2, 0) is 9.53 Å². The molecule has 1 atom stereocenters. The number of aliphatic imine (C=N–C) groups is 1. The van der Waals surface area contributed by atoms with Crippen molar-refractivity contribution in [3.63, 3.8) is 0 Å². The van der Waals surface area contributed by atoms with Gasteiger partial charge in [-0.3, -0.25) is 4.99 Å². The topological polar surface area (TPSA) is 78.6 Å². The van der Waals surface area contributed by atoms with Crippen LogP contribution in [0.4, 0.5) is 4.39 Å². The first kappa shape index (κ1) is 21.1. The van der Waals surface area contributed by atoms with Crippen LogP contribution in [0.15, 0.2) is 50.5 Å². The fourth-order valence-corrected chi connectivity index (χ4v) is 4.70. The predicted octanol–water partition coefficient (Wildman–Crippen LogP) is 4.60. The van der Waals surface area contributed by atoms with Gasteiger partial charge in [0.05, 0.1) is 12.2 Å². The number of ether oxygens (including phenoxy) is 1. The summed E-state index contributed by atoms with van der Waals surface area (Å²) in [4.78, 5) is 24.2. The third kappa shape index (κ3) is 4.09. The summed E-state index contributed by atoms with van der Waals surface area (Å²) in [5.74, 6) is 0.0349. The fourth-order valence-electron chi connectivity index (χ4n) is 3.49. The first-order chi connectivity index (χ1) is 14.1. The number of fused-ring (bicyclic) bond motifs is 1. The highest BCUT2D eigenvalue weighted by Crippen LogP contribution is 2.42. The lowest BCUT2D eigenvalue weighted by Gasteiger charge is -2.31. The van der Waals surface area contributed by atoms with Crippen molar-refractivity contribution in [2.45, 2.75) is 25.8 Å². The molecule has 1 saturated heterocycles. The van der Waals surface area contributed by atoms with Crippen LogP contribution in [0.2, 0.25) is 0 Å². The van der Waals surface area contributed by atoms with Crippen molar-refractivity contribution < 1.29 is 13.9 Å². The van der Waals surface area contributed by atoms with Crippen LogP contribution in [0.5, 0.6) is 0 Å². The molecular weight excluding hydrogens is 459 g/mol. The average Bonchev–Trinajstić information content (AvgIpc) is 3.41. The Morgan fingerprint density at radius 1 is 1.48 bits per heavy atom. The van der Waals surface area contributed by atoms with E-state index in [1.54, 1.807) is 19.2 Å². The minimum absolute atomic E-state index is 0.288. The molecule has 0 amide bonds. The SMILES string of the molecule is C#N.CCOC(=O)C1=C2CCCN2C(c2nccs2)=N[C@@H]1c1ccc(F)cc1Br. The van der Waals surface area contributed by atoms with Crippen LogP contribution in [0.1, 0.15) is 36.4 Å². The minimum atomic E-state index is -0.567. The monoisotopic (exact) mass is 476 g/mol. The van der Waals surface area contributed by atoms with Crippen molar-refractivity contribution in [1.82, 2.24) is 9.88 Å². The molecular formula is C20H18BrFN4O2S. The van der Waals surface area contributed by atoms with Crippen molar-refractivity contribution >= 4 is 39.1 Å². The summed E-state index contributed by atoms with van der Waals surface area (Å²) in [6.45, 7) is 6.36. The molecule has 0 unspecified atom stereocenters. The zero-order valence-corrected chi connectivity index (χ0v) is 18.0. The number of benzene rings is 1. The molecule has 6 nitrogen and oxygen atoms in total. The Hall–Kier alpha value is -2.57. The van der Waals surface area contributed by atoms with Gasteiger partial charge in [-0.2, -0.15) is 0 Å². The van der Waals surface area contributed by atoms with Gasteiger partial charge >= 0.3 is 5.97 Å². The van der Waals surface area contributed by atoms with Crippen molar-refractivity contribution in [2.75, 3.05) is 13.2 Å². The van der Waals surface area contributed by atoms with Gasteiger partial charge < -0.3 is 9.64 Å². The molecule has 2 aliphatic rings. The van der Waals surface area contributed by atoms with Crippen molar-refractivity contribution in [1.29, 1.82) is 5.26 Å². The summed E-state index contributed by atoms with van der Waals surface area (Å²) in [6.07, 6.45) is 3.44. The molecule has 0 aliphatic carbocycles. The molecule has 1 aromatic carbocycles. The molecule has 0 spiro atoms. The van der Waals surface area contributed by atoms with Gasteiger partial charge in [-0.25, -0.2) is 19.4 Å². The smallest absolute Gasteiger partial charge is 0.338 e. The number of nitrogens with zero attached hydrogens (tertiary/aromatic N) is 4. The lowest BCUT2D eigenvalue weighted by atomic mass is 9.94. The zero-order chi connectivity index (χ0) is 21.0. The van der Waals surface area contributed by atoms with E-state index in [4.69, 9.17) is 15.0 Å². The van der Waals surface area contributed by atoms with Gasteiger partial charge in [-0.1, -0.05) is 22.0 Å². The number of carbonyl (C=O) groups is 1. The van der Waals surface area contributed by atoms with Crippen molar-refractivity contribution in [3.05, 3.63) is 61.9 Å². The summed E-state index contributed by atoms with van der Waals surface area (Å²) in [7, 11) is 0. The van der Waals surface area contributed by atoms with E-state index in [1.165, 1.54) is 23.5 Å². The van der Waals surface area contributed by atoms with E-state index in [2.05, 4.69) is 32.4 Å². The Labute approximate surface area is 180 Å². The second-order valence-electron chi connectivity index (χ2n) is 6.19. The number of hydrogen-bond donors (Lipinski definition) is 0. The van der Waals surface area contributed by atoms with Crippen LogP contribution in [0.25, 0.3) is 0 Å². The number of aromatic nitrogens is 1. The van der Waals surface area contributed by atoms with E-state index in [0.717, 1.165) is 41.5 Å². The molecule has 2 aliphatic heterocycles. The minimum Gasteiger partial charge on any atom is -0.463 e. The Morgan fingerprint density at radius 2 is 2.28 bits per heavy atom. The number of nitriles is 1. The summed E-state index contributed by atoms with van der Waals surface area (Å²) in [5.41, 5.74) is 2.18. The van der Waals surface area contributed by atoms with E-state index in [-0.39, 0.29) is 18.4 Å². The van der Waals surface area contributed by atoms with Crippen LogP contribution in [0, 0.1) is 17.7 Å². The van der Waals surface area contributed by atoms with Crippen LogP contribution in [-0.4, -0.2) is 34.8 Å². The van der Waals surface area contributed by atoms with E-state index in [0.29, 0.717) is 10.0 Å². The fraction of sp³-hybridized carbons (Fsp3) is 0.300. The molecule has 0 saturated carbocycles. The highest BCUT2D eigenvalue weighted by atomic mass is 79.9. The molecule has 0 N–H and O–H groups in total. The van der Waals surface area contributed by atoms with Gasteiger partial charge in [-0.05, 0) is 37.5 Å². The molecule has 1 aromatic heterocycles. The average molecular weight is 477 g/mol. The number of allylic oxidation sites excluding steroid dienone is 1. The number of amidine groups is 1. The van der Waals surface area contributed by atoms with Gasteiger partial charge in [0.25, 0.3) is 0 Å². The lowest BCUT2D eigenvalue weighted by molar-refractivity contribution is -0.139. The number of hydrogen-bond acceptors (Lipinski definition) is 7. The van der Waals surface area contributed by atoms with Gasteiger partial charge in [0.15, 0.2) is 10.8 Å². The third-order valence-corrected chi connectivity index (χ3v) is 6.04. The quantitative estimate of drug-likeness (QED) is 0.602. The summed E-state index contributed by atoms with van der Waals surface area (Å²) in [5, 5.41) is 9.21. The highest BCUT2D eigenvalue weighted by Gasteiger charge is 2.39. The van der Waals surface area contributed by atoms with E-state index in [9.17, 15) is 9.18 Å². The van der Waals surface area contributed by atoms with E-state index >= 15 is 0 Å². The molecule has 29 heavy (non-hydrogen) atoms. The molecule has 2 aromatic rings. The Kier molecular flexibility index (Phi) is 6.77. The van der Waals surface area contributed by atoms with Gasteiger partial charge in [-0.15, -0.1) is 11.3 Å². The second kappa shape index (κ2) is 9.29. The Balaban J connectivity index is 0.00000117. The van der Waals surface area contributed by atoms with Crippen LogP contribution < -0.4 is 0 Å². The number of esters is 1. The van der Waals surface area contributed by atoms with E-state index in [1.807, 2.05) is 5.38 Å². The number of rotatable bonds is 4. The Morgan fingerprint density at radius 3 is 2.93 bits per heavy atom. The Bertz CT molecular complexity index is 988.